The van der Waals surface area contributed by atoms with E-state index in [2.05, 4.69) is 77.0 Å². The van der Waals surface area contributed by atoms with E-state index >= 15 is 0 Å². The van der Waals surface area contributed by atoms with Gasteiger partial charge in [-0.1, -0.05) is 55.1 Å². The molecule has 0 radical (unpaired) electrons. The highest BCUT2D eigenvalue weighted by atomic mass is 32.1. The molecule has 1 saturated carbocycles. The fraction of sp³-hybridized carbons (Fsp3) is 0.273. The summed E-state index contributed by atoms with van der Waals surface area (Å²) in [7, 11) is 0. The van der Waals surface area contributed by atoms with Gasteiger partial charge in [-0.05, 0) is 97.4 Å². The van der Waals surface area contributed by atoms with Crippen LogP contribution in [0.25, 0.3) is 22.6 Å². The van der Waals surface area contributed by atoms with Crippen molar-refractivity contribution in [3.63, 3.8) is 0 Å². The second kappa shape index (κ2) is 13.4. The van der Waals surface area contributed by atoms with Gasteiger partial charge in [0.05, 0.1) is 0 Å². The zero-order valence-corrected chi connectivity index (χ0v) is 23.0. The lowest BCUT2D eigenvalue weighted by Crippen LogP contribution is -2.03. The zero-order chi connectivity index (χ0) is 26.9. The summed E-state index contributed by atoms with van der Waals surface area (Å²) in [5, 5.41) is 0.863. The number of rotatable bonds is 11. The molecule has 196 valence electrons. The topological polar surface area (TPSA) is 29.6 Å². The maximum atomic E-state index is 14.5. The lowest BCUT2D eigenvalue weighted by molar-refractivity contribution is 0.516. The first-order chi connectivity index (χ1) is 18.5. The molecule has 0 saturated heterocycles. The third kappa shape index (κ3) is 6.70. The number of fused-ring (bicyclic) bond motifs is 1. The van der Waals surface area contributed by atoms with Crippen LogP contribution in [0.1, 0.15) is 49.3 Å². The molecule has 2 atom stereocenters. The van der Waals surface area contributed by atoms with E-state index in [1.165, 1.54) is 24.4 Å². The Labute approximate surface area is 231 Å². The van der Waals surface area contributed by atoms with E-state index in [1.807, 2.05) is 37.4 Å². The van der Waals surface area contributed by atoms with E-state index in [9.17, 15) is 4.39 Å². The van der Waals surface area contributed by atoms with E-state index in [4.69, 9.17) is 0 Å². The van der Waals surface area contributed by atoms with Crippen molar-refractivity contribution in [2.24, 2.45) is 21.8 Å². The number of hydrogen-bond donors (Lipinski definition) is 1. The summed E-state index contributed by atoms with van der Waals surface area (Å²) in [6, 6.07) is 13.5. The number of hydrogen-bond acceptors (Lipinski definition) is 2. The first kappa shape index (κ1) is 27.6. The van der Waals surface area contributed by atoms with Gasteiger partial charge in [0.25, 0.3) is 0 Å². The van der Waals surface area contributed by atoms with Gasteiger partial charge in [-0.3, -0.25) is 4.99 Å². The molecule has 38 heavy (non-hydrogen) atoms. The highest BCUT2D eigenvalue weighted by Gasteiger charge is 2.29. The molecule has 1 heterocycles. The predicted octanol–water partition coefficient (Wildman–Crippen LogP) is 8.78. The zero-order valence-electron chi connectivity index (χ0n) is 22.1. The Morgan fingerprint density at radius 3 is 2.71 bits per heavy atom. The molecule has 0 spiro atoms. The minimum atomic E-state index is -0.254. The number of aromatic nitrogens is 1. The Hall–Kier alpha value is -3.44. The van der Waals surface area contributed by atoms with E-state index in [1.54, 1.807) is 6.07 Å². The fourth-order valence-corrected chi connectivity index (χ4v) is 5.76. The number of aliphatic imine (C=N–C) groups is 2. The van der Waals surface area contributed by atoms with Crippen LogP contribution in [-0.4, -0.2) is 23.4 Å². The molecule has 5 heteroatoms. The largest absolute Gasteiger partial charge is 0.342 e. The van der Waals surface area contributed by atoms with Gasteiger partial charge in [0.15, 0.2) is 0 Å². The first-order valence-corrected chi connectivity index (χ1v) is 13.8. The standard InChI is InChI=1S/C33H36FN3S/c1-4-5-6-7-25-8-10-27(11-9-25)21-37-22-32(30-19-29(34)14-15-33(30)37)24(2)31(20-36-23-35-3)28-13-12-26(18-28)16-17-38/h4-11,14-15,19-20,22-23,26,28,38H,2-3,12-13,16-18,21H2,1H3/b5-4-,7-6-,31-20-,36-23?. The van der Waals surface area contributed by atoms with Crippen LogP contribution in [0.3, 0.4) is 0 Å². The Kier molecular flexibility index (Phi) is 9.72. The normalized spacial score (nSPS) is 18.4. The second-order valence-electron chi connectivity index (χ2n) is 9.86. The Morgan fingerprint density at radius 1 is 1.16 bits per heavy atom. The lowest BCUT2D eigenvalue weighted by atomic mass is 9.87. The van der Waals surface area contributed by atoms with Crippen molar-refractivity contribution in [3.8, 4) is 0 Å². The molecule has 4 rings (SSSR count). The van der Waals surface area contributed by atoms with E-state index < -0.39 is 0 Å². The third-order valence-corrected chi connectivity index (χ3v) is 7.58. The van der Waals surface area contributed by atoms with Gasteiger partial charge in [-0.25, -0.2) is 9.38 Å². The highest BCUT2D eigenvalue weighted by molar-refractivity contribution is 7.80. The number of allylic oxidation sites excluding steroid dienone is 5. The summed E-state index contributed by atoms with van der Waals surface area (Å²) in [5.74, 6) is 1.65. The molecule has 0 aliphatic heterocycles. The van der Waals surface area contributed by atoms with Gasteiger partial charge < -0.3 is 4.57 Å². The summed E-state index contributed by atoms with van der Waals surface area (Å²) < 4.78 is 16.6. The average molecular weight is 526 g/mol. The van der Waals surface area contributed by atoms with Crippen molar-refractivity contribution in [3.05, 3.63) is 108 Å². The molecule has 1 fully saturated rings. The van der Waals surface area contributed by atoms with Crippen molar-refractivity contribution in [2.75, 3.05) is 5.75 Å². The first-order valence-electron chi connectivity index (χ1n) is 13.2. The van der Waals surface area contributed by atoms with Crippen molar-refractivity contribution in [2.45, 2.75) is 39.2 Å². The quantitative estimate of drug-likeness (QED) is 0.112. The van der Waals surface area contributed by atoms with Crippen LogP contribution in [0.15, 0.2) is 95.2 Å². The molecule has 0 amide bonds. The van der Waals surface area contributed by atoms with E-state index in [0.29, 0.717) is 18.4 Å². The number of halogens is 1. The third-order valence-electron chi connectivity index (χ3n) is 7.32. The minimum Gasteiger partial charge on any atom is -0.342 e. The summed E-state index contributed by atoms with van der Waals surface area (Å²) in [6.45, 7) is 10.7. The van der Waals surface area contributed by atoms with Crippen LogP contribution >= 0.6 is 12.6 Å². The van der Waals surface area contributed by atoms with Crippen LogP contribution in [-0.2, 0) is 6.54 Å². The summed E-state index contributed by atoms with van der Waals surface area (Å²) in [6.07, 6.45) is 18.0. The molecule has 1 aliphatic rings. The molecular formula is C33H36FN3S. The fourth-order valence-electron chi connectivity index (χ4n) is 5.40. The molecule has 3 nitrogen and oxygen atoms in total. The summed E-state index contributed by atoms with van der Waals surface area (Å²) >= 11 is 4.44. The lowest BCUT2D eigenvalue weighted by Gasteiger charge is -2.17. The van der Waals surface area contributed by atoms with Gasteiger partial charge in [0.2, 0.25) is 0 Å². The molecule has 0 N–H and O–H groups in total. The Balaban J connectivity index is 1.68. The molecule has 3 aromatic rings. The van der Waals surface area contributed by atoms with Gasteiger partial charge in [-0.2, -0.15) is 12.6 Å². The summed E-state index contributed by atoms with van der Waals surface area (Å²) in [5.41, 5.74) is 6.23. The van der Waals surface area contributed by atoms with Crippen LogP contribution in [0.4, 0.5) is 4.39 Å². The van der Waals surface area contributed by atoms with Crippen molar-refractivity contribution < 1.29 is 4.39 Å². The minimum absolute atomic E-state index is 0.254. The van der Waals surface area contributed by atoms with E-state index in [0.717, 1.165) is 58.2 Å². The van der Waals surface area contributed by atoms with Gasteiger partial charge in [0.1, 0.15) is 12.2 Å². The maximum absolute atomic E-state index is 14.5. The molecule has 2 aromatic carbocycles. The Morgan fingerprint density at radius 2 is 1.97 bits per heavy atom. The summed E-state index contributed by atoms with van der Waals surface area (Å²) in [4.78, 5) is 8.14. The smallest absolute Gasteiger partial charge is 0.123 e. The molecule has 1 aliphatic carbocycles. The SMILES string of the molecule is C=NC=N/C=C(/C(=C)c1cn(Cc2ccc(/C=C\C=C/C)cc2)c2ccc(F)cc12)C1CCC(CCS)C1. The second-order valence-corrected chi connectivity index (χ2v) is 10.3. The van der Waals surface area contributed by atoms with Gasteiger partial charge >= 0.3 is 0 Å². The van der Waals surface area contributed by atoms with Crippen molar-refractivity contribution >= 4 is 48.2 Å². The van der Waals surface area contributed by atoms with Crippen LogP contribution < -0.4 is 0 Å². The van der Waals surface area contributed by atoms with Crippen LogP contribution in [0.5, 0.6) is 0 Å². The van der Waals surface area contributed by atoms with Gasteiger partial charge in [0, 0.05) is 35.4 Å². The molecule has 2 unspecified atom stereocenters. The molecule has 1 aromatic heterocycles. The van der Waals surface area contributed by atoms with Gasteiger partial charge in [-0.15, -0.1) is 0 Å². The number of thiol groups is 1. The van der Waals surface area contributed by atoms with Crippen LogP contribution in [0.2, 0.25) is 0 Å². The Bertz CT molecular complexity index is 1390. The number of nitrogens with zero attached hydrogens (tertiary/aromatic N) is 3. The number of benzene rings is 2. The van der Waals surface area contributed by atoms with Crippen molar-refractivity contribution in [1.29, 1.82) is 0 Å². The average Bonchev–Trinajstić information content (AvgIpc) is 3.52. The van der Waals surface area contributed by atoms with E-state index in [-0.39, 0.29) is 5.82 Å². The predicted molar refractivity (Wildman–Crippen MR) is 166 cm³/mol. The van der Waals surface area contributed by atoms with Crippen LogP contribution in [0, 0.1) is 17.7 Å². The molecular weight excluding hydrogens is 489 g/mol. The highest BCUT2D eigenvalue weighted by Crippen LogP contribution is 2.43. The maximum Gasteiger partial charge on any atom is 0.123 e. The monoisotopic (exact) mass is 525 g/mol. The van der Waals surface area contributed by atoms with Crippen molar-refractivity contribution in [1.82, 2.24) is 4.57 Å². The molecule has 0 bridgehead atoms.